The first-order valence-corrected chi connectivity index (χ1v) is 4.76. The van der Waals surface area contributed by atoms with Crippen LogP contribution in [0.15, 0.2) is 30.2 Å². The fraction of sp³-hybridized carbons (Fsp3) is 0.182. The quantitative estimate of drug-likeness (QED) is 0.785. The smallest absolute Gasteiger partial charge is 0.217 e. The Balaban J connectivity index is 2.08. The summed E-state index contributed by atoms with van der Waals surface area (Å²) in [7, 11) is 0. The van der Waals surface area contributed by atoms with E-state index in [9.17, 15) is 9.90 Å². The molecule has 16 heavy (non-hydrogen) atoms. The van der Waals surface area contributed by atoms with Crippen molar-refractivity contribution in [2.24, 2.45) is 0 Å². The van der Waals surface area contributed by atoms with Gasteiger partial charge >= 0.3 is 0 Å². The molecule has 0 radical (unpaired) electrons. The summed E-state index contributed by atoms with van der Waals surface area (Å²) in [4.78, 5) is 10.7. The standard InChI is InChI=1S/C11H11NO4/c1-7(13)12-5-9-6-15-10-3-2-8(14)4-11(10)16-9/h2-4,6,14H,5H2,1H3,(H,12,13). The number of rotatable bonds is 2. The van der Waals surface area contributed by atoms with Gasteiger partial charge in [-0.15, -0.1) is 0 Å². The van der Waals surface area contributed by atoms with Gasteiger partial charge in [-0.25, -0.2) is 0 Å². The van der Waals surface area contributed by atoms with Gasteiger partial charge in [-0.2, -0.15) is 0 Å². The van der Waals surface area contributed by atoms with Crippen molar-refractivity contribution in [3.8, 4) is 17.2 Å². The third-order valence-electron chi connectivity index (χ3n) is 2.00. The second kappa shape index (κ2) is 4.14. The van der Waals surface area contributed by atoms with Crippen LogP contribution < -0.4 is 14.8 Å². The lowest BCUT2D eigenvalue weighted by Crippen LogP contribution is -2.25. The molecule has 1 aliphatic rings. The van der Waals surface area contributed by atoms with E-state index in [4.69, 9.17) is 9.47 Å². The highest BCUT2D eigenvalue weighted by molar-refractivity contribution is 5.73. The lowest BCUT2D eigenvalue weighted by molar-refractivity contribution is -0.118. The summed E-state index contributed by atoms with van der Waals surface area (Å²) in [6.45, 7) is 1.68. The second-order valence-electron chi connectivity index (χ2n) is 3.34. The Bertz CT molecular complexity index is 453. The summed E-state index contributed by atoms with van der Waals surface area (Å²) in [6, 6.07) is 4.57. The van der Waals surface area contributed by atoms with Crippen LogP contribution in [0.1, 0.15) is 6.92 Å². The predicted molar refractivity (Wildman–Crippen MR) is 56.1 cm³/mol. The van der Waals surface area contributed by atoms with E-state index in [0.717, 1.165) is 0 Å². The van der Waals surface area contributed by atoms with Crippen LogP contribution in [0.4, 0.5) is 0 Å². The second-order valence-corrected chi connectivity index (χ2v) is 3.34. The van der Waals surface area contributed by atoms with Crippen molar-refractivity contribution < 1.29 is 19.4 Å². The van der Waals surface area contributed by atoms with E-state index in [1.54, 1.807) is 6.07 Å². The van der Waals surface area contributed by atoms with Gasteiger partial charge in [0.2, 0.25) is 5.91 Å². The van der Waals surface area contributed by atoms with Crippen molar-refractivity contribution in [3.05, 3.63) is 30.2 Å². The maximum absolute atomic E-state index is 10.7. The third kappa shape index (κ3) is 2.25. The Hall–Kier alpha value is -2.17. The molecule has 5 nitrogen and oxygen atoms in total. The van der Waals surface area contributed by atoms with Gasteiger partial charge in [0.15, 0.2) is 17.3 Å². The molecule has 2 rings (SSSR count). The first-order valence-electron chi connectivity index (χ1n) is 4.76. The number of ether oxygens (including phenoxy) is 2. The first kappa shape index (κ1) is 10.4. The highest BCUT2D eigenvalue weighted by atomic mass is 16.6. The third-order valence-corrected chi connectivity index (χ3v) is 2.00. The zero-order valence-corrected chi connectivity index (χ0v) is 8.69. The molecule has 0 unspecified atom stereocenters. The number of nitrogens with one attached hydrogen (secondary N) is 1. The summed E-state index contributed by atoms with van der Waals surface area (Å²) in [6.07, 6.45) is 1.43. The van der Waals surface area contributed by atoms with Crippen LogP contribution in [-0.4, -0.2) is 17.6 Å². The molecule has 0 spiro atoms. The molecule has 1 heterocycles. The van der Waals surface area contributed by atoms with Gasteiger partial charge in [0.05, 0.1) is 6.54 Å². The SMILES string of the molecule is CC(=O)NCC1=COc2ccc(O)cc2O1. The Morgan fingerprint density at radius 2 is 2.25 bits per heavy atom. The number of carbonyl (C=O) groups excluding carboxylic acids is 1. The van der Waals surface area contributed by atoms with E-state index >= 15 is 0 Å². The van der Waals surface area contributed by atoms with E-state index in [2.05, 4.69) is 5.32 Å². The van der Waals surface area contributed by atoms with Crippen molar-refractivity contribution in [3.63, 3.8) is 0 Å². The van der Waals surface area contributed by atoms with Gasteiger partial charge in [-0.05, 0) is 12.1 Å². The molecule has 0 saturated heterocycles. The van der Waals surface area contributed by atoms with E-state index < -0.39 is 0 Å². The summed E-state index contributed by atoms with van der Waals surface area (Å²) < 4.78 is 10.7. The number of aromatic hydroxyl groups is 1. The maximum atomic E-state index is 10.7. The predicted octanol–water partition coefficient (Wildman–Crippen LogP) is 1.14. The molecule has 1 aliphatic heterocycles. The largest absolute Gasteiger partial charge is 0.508 e. The number of hydrogen-bond donors (Lipinski definition) is 2. The number of carbonyl (C=O) groups is 1. The monoisotopic (exact) mass is 221 g/mol. The minimum Gasteiger partial charge on any atom is -0.508 e. The molecule has 0 bridgehead atoms. The molecule has 2 N–H and O–H groups in total. The summed E-state index contributed by atoms with van der Waals surface area (Å²) in [5.74, 6) is 1.40. The van der Waals surface area contributed by atoms with Gasteiger partial charge in [0.25, 0.3) is 0 Å². The molecule has 1 aromatic rings. The van der Waals surface area contributed by atoms with Crippen molar-refractivity contribution >= 4 is 5.91 Å². The van der Waals surface area contributed by atoms with E-state index in [-0.39, 0.29) is 18.2 Å². The van der Waals surface area contributed by atoms with Crippen LogP contribution >= 0.6 is 0 Å². The normalized spacial score (nSPS) is 12.9. The van der Waals surface area contributed by atoms with Crippen LogP contribution in [0.2, 0.25) is 0 Å². The fourth-order valence-electron chi connectivity index (χ4n) is 1.26. The Kier molecular flexibility index (Phi) is 2.68. The van der Waals surface area contributed by atoms with Gasteiger partial charge in [0.1, 0.15) is 12.0 Å². The number of phenolic OH excluding ortho intramolecular Hbond substituents is 1. The average Bonchev–Trinajstić information content (AvgIpc) is 2.25. The lowest BCUT2D eigenvalue weighted by atomic mass is 10.3. The molecule has 0 saturated carbocycles. The van der Waals surface area contributed by atoms with Gasteiger partial charge in [-0.3, -0.25) is 4.79 Å². The summed E-state index contributed by atoms with van der Waals surface area (Å²) in [5.41, 5.74) is 0. The van der Waals surface area contributed by atoms with Crippen LogP contribution in [-0.2, 0) is 4.79 Å². The molecule has 84 valence electrons. The van der Waals surface area contributed by atoms with Gasteiger partial charge < -0.3 is 19.9 Å². The van der Waals surface area contributed by atoms with Crippen molar-refractivity contribution in [1.29, 1.82) is 0 Å². The van der Waals surface area contributed by atoms with Crippen molar-refractivity contribution in [2.45, 2.75) is 6.92 Å². The van der Waals surface area contributed by atoms with Crippen LogP contribution in [0.3, 0.4) is 0 Å². The maximum Gasteiger partial charge on any atom is 0.217 e. The Morgan fingerprint density at radius 3 is 3.00 bits per heavy atom. The number of fused-ring (bicyclic) bond motifs is 1. The number of amides is 1. The molecule has 5 heteroatoms. The Morgan fingerprint density at radius 1 is 1.44 bits per heavy atom. The molecule has 0 aliphatic carbocycles. The minimum atomic E-state index is -0.147. The highest BCUT2D eigenvalue weighted by Gasteiger charge is 2.14. The topological polar surface area (TPSA) is 67.8 Å². The summed E-state index contributed by atoms with van der Waals surface area (Å²) >= 11 is 0. The lowest BCUT2D eigenvalue weighted by Gasteiger charge is -2.18. The highest BCUT2D eigenvalue weighted by Crippen LogP contribution is 2.34. The molecule has 0 aromatic heterocycles. The Labute approximate surface area is 92.3 Å². The van der Waals surface area contributed by atoms with Gasteiger partial charge in [0, 0.05) is 13.0 Å². The van der Waals surface area contributed by atoms with Crippen LogP contribution in [0.5, 0.6) is 17.2 Å². The number of hydrogen-bond acceptors (Lipinski definition) is 4. The fourth-order valence-corrected chi connectivity index (χ4v) is 1.26. The van der Waals surface area contributed by atoms with Gasteiger partial charge in [-0.1, -0.05) is 0 Å². The van der Waals surface area contributed by atoms with E-state index in [1.807, 2.05) is 0 Å². The van der Waals surface area contributed by atoms with E-state index in [0.29, 0.717) is 17.3 Å². The number of benzene rings is 1. The molecule has 0 atom stereocenters. The minimum absolute atomic E-state index is 0.100. The summed E-state index contributed by atoms with van der Waals surface area (Å²) in [5, 5.41) is 11.9. The molecule has 1 aromatic carbocycles. The van der Waals surface area contributed by atoms with Crippen LogP contribution in [0, 0.1) is 0 Å². The van der Waals surface area contributed by atoms with Crippen LogP contribution in [0.25, 0.3) is 0 Å². The molecule has 1 amide bonds. The molecular weight excluding hydrogens is 210 g/mol. The van der Waals surface area contributed by atoms with Crippen molar-refractivity contribution in [2.75, 3.05) is 6.54 Å². The average molecular weight is 221 g/mol. The molecular formula is C11H11NO4. The molecule has 0 fully saturated rings. The van der Waals surface area contributed by atoms with E-state index in [1.165, 1.54) is 25.3 Å². The zero-order chi connectivity index (χ0) is 11.5. The number of phenols is 1. The first-order chi connectivity index (χ1) is 7.65. The van der Waals surface area contributed by atoms with Crippen molar-refractivity contribution in [1.82, 2.24) is 5.32 Å². The zero-order valence-electron chi connectivity index (χ0n) is 8.69.